The van der Waals surface area contributed by atoms with Crippen LogP contribution in [0.3, 0.4) is 0 Å². The number of aromatic amines is 1. The number of aryl methyl sites for hydroxylation is 2. The average Bonchev–Trinajstić information content (AvgIpc) is 2.70. The summed E-state index contributed by atoms with van der Waals surface area (Å²) in [7, 11) is 0. The van der Waals surface area contributed by atoms with E-state index in [2.05, 4.69) is 50.1 Å². The molecule has 0 aliphatic rings. The zero-order valence-corrected chi connectivity index (χ0v) is 12.0. The summed E-state index contributed by atoms with van der Waals surface area (Å²) < 4.78 is 1.74. The molecule has 2 aromatic rings. The molecule has 0 amide bonds. The molecular weight excluding hydrogens is 236 g/mol. The standard InChI is InChI=1S/C16H22N2O/c1-4-6-14-15(13-9-7-12(3)8-10-13)17-18(11-5-2)16(14)19/h7-10,17H,4-6,11H2,1-3H3. The van der Waals surface area contributed by atoms with Crippen LogP contribution in [-0.2, 0) is 13.0 Å². The Labute approximate surface area is 114 Å². The van der Waals surface area contributed by atoms with Gasteiger partial charge in [0.15, 0.2) is 0 Å². The molecule has 0 atom stereocenters. The van der Waals surface area contributed by atoms with Crippen LogP contribution in [0.4, 0.5) is 0 Å². The quantitative estimate of drug-likeness (QED) is 0.875. The maximum atomic E-state index is 12.3. The van der Waals surface area contributed by atoms with Crippen LogP contribution in [-0.4, -0.2) is 9.78 Å². The van der Waals surface area contributed by atoms with Gasteiger partial charge in [-0.25, -0.2) is 0 Å². The van der Waals surface area contributed by atoms with Crippen molar-refractivity contribution in [1.29, 1.82) is 0 Å². The predicted molar refractivity (Wildman–Crippen MR) is 79.5 cm³/mol. The summed E-state index contributed by atoms with van der Waals surface area (Å²) in [5.41, 5.74) is 4.37. The molecule has 1 aromatic carbocycles. The molecule has 0 spiro atoms. The number of H-pyrrole nitrogens is 1. The molecule has 0 fully saturated rings. The average molecular weight is 258 g/mol. The van der Waals surface area contributed by atoms with Gasteiger partial charge in [0, 0.05) is 12.1 Å². The highest BCUT2D eigenvalue weighted by molar-refractivity contribution is 5.63. The van der Waals surface area contributed by atoms with Gasteiger partial charge in [0.1, 0.15) is 0 Å². The Balaban J connectivity index is 2.51. The smallest absolute Gasteiger partial charge is 0.270 e. The van der Waals surface area contributed by atoms with Crippen molar-refractivity contribution in [2.45, 2.75) is 46.6 Å². The third-order valence-electron chi connectivity index (χ3n) is 3.34. The molecule has 0 aliphatic heterocycles. The van der Waals surface area contributed by atoms with E-state index in [1.54, 1.807) is 4.68 Å². The minimum Gasteiger partial charge on any atom is -0.295 e. The highest BCUT2D eigenvalue weighted by Crippen LogP contribution is 2.21. The van der Waals surface area contributed by atoms with E-state index in [0.717, 1.165) is 42.6 Å². The maximum Gasteiger partial charge on any atom is 0.270 e. The molecule has 2 rings (SSSR count). The summed E-state index contributed by atoms with van der Waals surface area (Å²) in [6.07, 6.45) is 2.77. The van der Waals surface area contributed by atoms with E-state index in [1.807, 2.05) is 0 Å². The molecule has 0 saturated heterocycles. The first-order valence-electron chi connectivity index (χ1n) is 7.06. The first-order valence-corrected chi connectivity index (χ1v) is 7.06. The second kappa shape index (κ2) is 5.91. The lowest BCUT2D eigenvalue weighted by molar-refractivity contribution is 0.585. The lowest BCUT2D eigenvalue weighted by Gasteiger charge is -2.02. The first kappa shape index (κ1) is 13.7. The van der Waals surface area contributed by atoms with Crippen molar-refractivity contribution < 1.29 is 0 Å². The SMILES string of the molecule is CCCc1c(-c2ccc(C)cc2)[nH]n(CCC)c1=O. The number of benzene rings is 1. The Hall–Kier alpha value is -1.77. The summed E-state index contributed by atoms with van der Waals surface area (Å²) in [5.74, 6) is 0. The summed E-state index contributed by atoms with van der Waals surface area (Å²) in [6, 6.07) is 8.33. The third-order valence-corrected chi connectivity index (χ3v) is 3.34. The Kier molecular flexibility index (Phi) is 4.25. The number of hydrogen-bond acceptors (Lipinski definition) is 1. The van der Waals surface area contributed by atoms with Crippen LogP contribution in [0.2, 0.25) is 0 Å². The van der Waals surface area contributed by atoms with Crippen LogP contribution in [0.25, 0.3) is 11.3 Å². The number of hydrogen-bond donors (Lipinski definition) is 1. The van der Waals surface area contributed by atoms with Crippen molar-refractivity contribution in [3.8, 4) is 11.3 Å². The molecule has 0 unspecified atom stereocenters. The summed E-state index contributed by atoms with van der Waals surface area (Å²) >= 11 is 0. The van der Waals surface area contributed by atoms with Gasteiger partial charge in [-0.1, -0.05) is 50.1 Å². The Morgan fingerprint density at radius 2 is 1.79 bits per heavy atom. The van der Waals surface area contributed by atoms with Crippen LogP contribution in [0.5, 0.6) is 0 Å². The fourth-order valence-corrected chi connectivity index (χ4v) is 2.35. The molecule has 0 saturated carbocycles. The normalized spacial score (nSPS) is 10.9. The van der Waals surface area contributed by atoms with Crippen LogP contribution in [0.15, 0.2) is 29.1 Å². The number of nitrogens with zero attached hydrogens (tertiary/aromatic N) is 1. The molecule has 102 valence electrons. The fraction of sp³-hybridized carbons (Fsp3) is 0.438. The monoisotopic (exact) mass is 258 g/mol. The molecular formula is C16H22N2O. The van der Waals surface area contributed by atoms with E-state index < -0.39 is 0 Å². The molecule has 1 aromatic heterocycles. The highest BCUT2D eigenvalue weighted by Gasteiger charge is 2.14. The lowest BCUT2D eigenvalue weighted by atomic mass is 10.0. The summed E-state index contributed by atoms with van der Waals surface area (Å²) in [6.45, 7) is 7.01. The predicted octanol–water partition coefficient (Wildman–Crippen LogP) is 3.51. The first-order chi connectivity index (χ1) is 9.17. The largest absolute Gasteiger partial charge is 0.295 e. The van der Waals surface area contributed by atoms with Gasteiger partial charge in [0.05, 0.1) is 5.69 Å². The number of aromatic nitrogens is 2. The summed E-state index contributed by atoms with van der Waals surface area (Å²) in [5, 5.41) is 3.28. The molecule has 0 bridgehead atoms. The van der Waals surface area contributed by atoms with Gasteiger partial charge in [0.2, 0.25) is 0 Å². The molecule has 3 nitrogen and oxygen atoms in total. The topological polar surface area (TPSA) is 37.8 Å². The van der Waals surface area contributed by atoms with Crippen molar-refractivity contribution in [2.75, 3.05) is 0 Å². The van der Waals surface area contributed by atoms with Crippen LogP contribution >= 0.6 is 0 Å². The lowest BCUT2D eigenvalue weighted by Crippen LogP contribution is -2.18. The molecule has 0 aliphatic carbocycles. The Morgan fingerprint density at radius 1 is 1.11 bits per heavy atom. The van der Waals surface area contributed by atoms with E-state index in [4.69, 9.17) is 0 Å². The van der Waals surface area contributed by atoms with E-state index in [9.17, 15) is 4.79 Å². The second-order valence-electron chi connectivity index (χ2n) is 5.04. The van der Waals surface area contributed by atoms with Crippen molar-refractivity contribution in [3.63, 3.8) is 0 Å². The second-order valence-corrected chi connectivity index (χ2v) is 5.04. The van der Waals surface area contributed by atoms with Crippen LogP contribution < -0.4 is 5.56 Å². The van der Waals surface area contributed by atoms with Crippen LogP contribution in [0.1, 0.15) is 37.8 Å². The third kappa shape index (κ3) is 2.80. The highest BCUT2D eigenvalue weighted by atomic mass is 16.1. The maximum absolute atomic E-state index is 12.3. The van der Waals surface area contributed by atoms with E-state index in [1.165, 1.54) is 5.56 Å². The fourth-order valence-electron chi connectivity index (χ4n) is 2.35. The Bertz CT molecular complexity index is 590. The van der Waals surface area contributed by atoms with Crippen molar-refractivity contribution >= 4 is 0 Å². The minimum atomic E-state index is 0.138. The number of rotatable bonds is 5. The van der Waals surface area contributed by atoms with Crippen molar-refractivity contribution in [1.82, 2.24) is 9.78 Å². The van der Waals surface area contributed by atoms with Gasteiger partial charge in [0.25, 0.3) is 5.56 Å². The van der Waals surface area contributed by atoms with Gasteiger partial charge in [-0.05, 0) is 25.3 Å². The summed E-state index contributed by atoms with van der Waals surface area (Å²) in [4.78, 5) is 12.3. The molecule has 0 radical (unpaired) electrons. The van der Waals surface area contributed by atoms with Crippen molar-refractivity contribution in [2.24, 2.45) is 0 Å². The molecule has 1 N–H and O–H groups in total. The van der Waals surface area contributed by atoms with E-state index >= 15 is 0 Å². The van der Waals surface area contributed by atoms with Crippen LogP contribution in [0, 0.1) is 6.92 Å². The van der Waals surface area contributed by atoms with E-state index in [-0.39, 0.29) is 5.56 Å². The van der Waals surface area contributed by atoms with Gasteiger partial charge in [-0.3, -0.25) is 14.6 Å². The molecule has 19 heavy (non-hydrogen) atoms. The van der Waals surface area contributed by atoms with Gasteiger partial charge >= 0.3 is 0 Å². The zero-order valence-electron chi connectivity index (χ0n) is 12.0. The minimum absolute atomic E-state index is 0.138. The zero-order chi connectivity index (χ0) is 13.8. The van der Waals surface area contributed by atoms with Gasteiger partial charge in [-0.2, -0.15) is 0 Å². The Morgan fingerprint density at radius 3 is 2.37 bits per heavy atom. The van der Waals surface area contributed by atoms with Gasteiger partial charge in [-0.15, -0.1) is 0 Å². The number of nitrogens with one attached hydrogen (secondary N) is 1. The molecule has 3 heteroatoms. The van der Waals surface area contributed by atoms with Crippen molar-refractivity contribution in [3.05, 3.63) is 45.7 Å². The van der Waals surface area contributed by atoms with E-state index in [0.29, 0.717) is 0 Å². The molecule has 1 heterocycles. The van der Waals surface area contributed by atoms with Gasteiger partial charge < -0.3 is 0 Å².